The molecule has 0 amide bonds. The summed E-state index contributed by atoms with van der Waals surface area (Å²) in [7, 11) is 5.69. The zero-order valence-electron chi connectivity index (χ0n) is 33.6. The van der Waals surface area contributed by atoms with Gasteiger partial charge in [0, 0.05) is 73.5 Å². The molecule has 0 radical (unpaired) electrons. The van der Waals surface area contributed by atoms with E-state index in [1.807, 2.05) is 24.5 Å². The van der Waals surface area contributed by atoms with Gasteiger partial charge in [-0.2, -0.15) is 0 Å². The second kappa shape index (κ2) is 15.6. The highest BCUT2D eigenvalue weighted by atomic mass is 16.5. The lowest BCUT2D eigenvalue weighted by atomic mass is 9.95. The molecule has 10 rings (SSSR count). The number of methoxy groups -OCH3 is 1. The number of hydrogen-bond donors (Lipinski definition) is 1. The molecule has 0 aliphatic heterocycles. The van der Waals surface area contributed by atoms with Crippen molar-refractivity contribution in [1.29, 1.82) is 0 Å². The maximum Gasteiger partial charge on any atom is 0.339 e. The van der Waals surface area contributed by atoms with Crippen molar-refractivity contribution < 1.29 is 19.4 Å². The highest BCUT2D eigenvalue weighted by Gasteiger charge is 2.28. The maximum absolute atomic E-state index is 12.4. The molecule has 8 heteroatoms. The van der Waals surface area contributed by atoms with Crippen LogP contribution in [-0.4, -0.2) is 43.3 Å². The lowest BCUT2D eigenvalue weighted by Crippen LogP contribution is -2.09. The zero-order chi connectivity index (χ0) is 39.2. The van der Waals surface area contributed by atoms with E-state index in [0.29, 0.717) is 53.3 Å². The molecule has 6 aromatic rings. The summed E-state index contributed by atoms with van der Waals surface area (Å²) in [5, 5.41) is 12.4. The lowest BCUT2D eigenvalue weighted by Gasteiger charge is -2.11. The Kier molecular flexibility index (Phi) is 10.2. The first-order valence-electron chi connectivity index (χ1n) is 21.2. The van der Waals surface area contributed by atoms with Crippen LogP contribution in [0.15, 0.2) is 73.3 Å². The summed E-state index contributed by atoms with van der Waals surface area (Å²) >= 11 is 0. The van der Waals surface area contributed by atoms with Crippen LogP contribution in [0.3, 0.4) is 0 Å². The largest absolute Gasteiger partial charge is 0.478 e. The molecule has 4 aromatic heterocycles. The molecule has 8 nitrogen and oxygen atoms in total. The van der Waals surface area contributed by atoms with Crippen molar-refractivity contribution >= 4 is 33.7 Å². The Balaban J connectivity index is 0.000000148. The van der Waals surface area contributed by atoms with Crippen molar-refractivity contribution in [2.45, 2.75) is 114 Å². The lowest BCUT2D eigenvalue weighted by molar-refractivity contribution is 0.0598. The topological polar surface area (TPSA) is 99.2 Å². The number of ether oxygens (including phenoxy) is 1. The molecule has 0 unspecified atom stereocenters. The van der Waals surface area contributed by atoms with Crippen LogP contribution in [0.5, 0.6) is 0 Å². The van der Waals surface area contributed by atoms with E-state index in [9.17, 15) is 14.7 Å². The summed E-state index contributed by atoms with van der Waals surface area (Å²) in [5.41, 5.74) is 12.5. The first-order chi connectivity index (χ1) is 27.7. The number of fused-ring (bicyclic) bond motifs is 2. The van der Waals surface area contributed by atoms with Gasteiger partial charge in [0.15, 0.2) is 0 Å². The number of aryl methyl sites for hydroxylation is 2. The zero-order valence-corrected chi connectivity index (χ0v) is 33.6. The summed E-state index contributed by atoms with van der Waals surface area (Å²) in [5.74, 6) is 1.24. The highest BCUT2D eigenvalue weighted by Crippen LogP contribution is 2.43. The van der Waals surface area contributed by atoms with E-state index in [0.717, 1.165) is 35.2 Å². The van der Waals surface area contributed by atoms with E-state index in [2.05, 4.69) is 82.0 Å². The third-order valence-corrected chi connectivity index (χ3v) is 13.2. The van der Waals surface area contributed by atoms with Crippen LogP contribution in [0, 0.1) is 0 Å². The number of esters is 1. The van der Waals surface area contributed by atoms with E-state index < -0.39 is 5.97 Å². The Morgan fingerprint density at radius 2 is 1.07 bits per heavy atom. The van der Waals surface area contributed by atoms with Crippen molar-refractivity contribution in [1.82, 2.24) is 19.1 Å². The molecule has 0 saturated heterocycles. The van der Waals surface area contributed by atoms with Gasteiger partial charge >= 0.3 is 11.9 Å². The number of carboxylic acids is 1. The van der Waals surface area contributed by atoms with Crippen LogP contribution in [0.25, 0.3) is 21.8 Å². The van der Waals surface area contributed by atoms with Crippen LogP contribution in [0.1, 0.15) is 166 Å². The number of nitrogens with zero attached hydrogens (tertiary/aromatic N) is 4. The Labute approximate surface area is 335 Å². The number of carboxylic acid groups (broad SMARTS) is 1. The van der Waals surface area contributed by atoms with Crippen LogP contribution < -0.4 is 0 Å². The SMILES string of the molecule is COC(=O)c1cc(C2CC2)cnc1Cc1ccc2c(c1)c(C1CCCC1)cn2C.Cn1cc(C2CCCC2)c2cc(Cc3ncc(C4CC4)cc3C(=O)O)ccc21. The fraction of sp³-hybridized carbons (Fsp3) is 0.429. The minimum Gasteiger partial charge on any atom is -0.478 e. The van der Waals surface area contributed by atoms with Crippen molar-refractivity contribution in [3.05, 3.63) is 129 Å². The Bertz CT molecular complexity index is 2470. The molecule has 4 fully saturated rings. The number of carbonyl (C=O) groups is 2. The molecule has 4 heterocycles. The molecule has 2 aromatic carbocycles. The first kappa shape index (κ1) is 37.3. The summed E-state index contributed by atoms with van der Waals surface area (Å²) in [6.45, 7) is 0. The average molecular weight is 763 g/mol. The number of aromatic carboxylic acids is 1. The minimum absolute atomic E-state index is 0.289. The van der Waals surface area contributed by atoms with Gasteiger partial charge in [-0.25, -0.2) is 9.59 Å². The summed E-state index contributed by atoms with van der Waals surface area (Å²) in [6, 6.07) is 17.1. The van der Waals surface area contributed by atoms with Gasteiger partial charge in [-0.3, -0.25) is 9.97 Å². The fourth-order valence-electron chi connectivity index (χ4n) is 9.72. The van der Waals surface area contributed by atoms with Crippen LogP contribution >= 0.6 is 0 Å². The van der Waals surface area contributed by atoms with E-state index in [1.54, 1.807) is 0 Å². The molecule has 4 aliphatic carbocycles. The first-order valence-corrected chi connectivity index (χ1v) is 21.2. The standard InChI is InChI=1S/C25H28N2O2.C24H26N2O2/c1-27-15-22(18-5-3-4-6-18)20-11-16(7-10-24(20)27)12-23-21(25(28)29-2)13-19(14-26-23)17-8-9-17;1-26-14-21(17-4-2-3-5-17)19-10-15(6-9-23(19)26)11-22-20(24(27)28)12-18(13-25-22)16-7-8-16/h7,10-11,13-15,17-18H,3-6,8-9,12H2,1-2H3;6,9-10,12-14,16-17H,2-5,7-8,11H2,1H3,(H,27,28). The predicted octanol–water partition coefficient (Wildman–Crippen LogP) is 10.9. The quantitative estimate of drug-likeness (QED) is 0.140. The summed E-state index contributed by atoms with van der Waals surface area (Å²) < 4.78 is 9.51. The highest BCUT2D eigenvalue weighted by molar-refractivity contribution is 5.91. The molecule has 57 heavy (non-hydrogen) atoms. The van der Waals surface area contributed by atoms with Crippen molar-refractivity contribution in [2.75, 3.05) is 7.11 Å². The van der Waals surface area contributed by atoms with E-state index >= 15 is 0 Å². The van der Waals surface area contributed by atoms with Gasteiger partial charge in [0.05, 0.1) is 29.6 Å². The average Bonchev–Trinajstić information content (AvgIpc) is 4.05. The fourth-order valence-corrected chi connectivity index (χ4v) is 9.72. The number of hydrogen-bond acceptors (Lipinski definition) is 5. The Hall–Kier alpha value is -5.24. The molecule has 0 bridgehead atoms. The minimum atomic E-state index is -0.877. The summed E-state index contributed by atoms with van der Waals surface area (Å²) in [4.78, 5) is 33.4. The van der Waals surface area contributed by atoms with Gasteiger partial charge in [-0.05, 0) is 145 Å². The molecule has 1 N–H and O–H groups in total. The predicted molar refractivity (Wildman–Crippen MR) is 225 cm³/mol. The number of carbonyl (C=O) groups excluding carboxylic acids is 1. The number of rotatable bonds is 10. The van der Waals surface area contributed by atoms with Crippen molar-refractivity contribution in [2.24, 2.45) is 14.1 Å². The Morgan fingerprint density at radius 3 is 1.49 bits per heavy atom. The Morgan fingerprint density at radius 1 is 0.632 bits per heavy atom. The monoisotopic (exact) mass is 762 g/mol. The van der Waals surface area contributed by atoms with Crippen LogP contribution in [-0.2, 0) is 31.7 Å². The van der Waals surface area contributed by atoms with Gasteiger partial charge in [0.1, 0.15) is 0 Å². The second-order valence-electron chi connectivity index (χ2n) is 17.3. The molecular formula is C49H54N4O4. The van der Waals surface area contributed by atoms with Gasteiger partial charge in [-0.15, -0.1) is 0 Å². The second-order valence-corrected chi connectivity index (χ2v) is 17.3. The van der Waals surface area contributed by atoms with Gasteiger partial charge in [0.25, 0.3) is 0 Å². The van der Waals surface area contributed by atoms with E-state index in [4.69, 9.17) is 4.74 Å². The maximum atomic E-state index is 12.4. The van der Waals surface area contributed by atoms with Crippen LogP contribution in [0.2, 0.25) is 0 Å². The third-order valence-electron chi connectivity index (χ3n) is 13.2. The normalized spacial score (nSPS) is 17.3. The smallest absolute Gasteiger partial charge is 0.339 e. The van der Waals surface area contributed by atoms with Crippen molar-refractivity contribution in [3.63, 3.8) is 0 Å². The van der Waals surface area contributed by atoms with E-state index in [-0.39, 0.29) is 5.97 Å². The number of benzene rings is 2. The van der Waals surface area contributed by atoms with Crippen LogP contribution in [0.4, 0.5) is 0 Å². The van der Waals surface area contributed by atoms with Gasteiger partial charge in [0.2, 0.25) is 0 Å². The van der Waals surface area contributed by atoms with E-state index in [1.165, 1.54) is 110 Å². The number of pyridine rings is 2. The molecule has 4 saturated carbocycles. The summed E-state index contributed by atoms with van der Waals surface area (Å²) in [6.07, 6.45) is 24.7. The van der Waals surface area contributed by atoms with Gasteiger partial charge < -0.3 is 19.0 Å². The molecular weight excluding hydrogens is 709 g/mol. The molecule has 0 atom stereocenters. The number of aromatic nitrogens is 4. The van der Waals surface area contributed by atoms with Crippen molar-refractivity contribution in [3.8, 4) is 0 Å². The molecule has 294 valence electrons. The molecule has 0 spiro atoms. The third kappa shape index (κ3) is 7.75. The van der Waals surface area contributed by atoms with Gasteiger partial charge in [-0.1, -0.05) is 37.8 Å². The molecule has 4 aliphatic rings.